The smallest absolute Gasteiger partial charge is 0.416 e. The predicted octanol–water partition coefficient (Wildman–Crippen LogP) is 5.52. The number of para-hydroxylation sites is 1. The molecule has 32 heavy (non-hydrogen) atoms. The first kappa shape index (κ1) is 22.7. The van der Waals surface area contributed by atoms with E-state index >= 15 is 0 Å². The number of hydrogen-bond acceptors (Lipinski definition) is 4. The number of benzene rings is 3. The Hall–Kier alpha value is -3.95. The van der Waals surface area contributed by atoms with Gasteiger partial charge < -0.3 is 15.4 Å². The van der Waals surface area contributed by atoms with Crippen molar-refractivity contribution in [2.45, 2.75) is 6.18 Å². The van der Waals surface area contributed by atoms with Crippen LogP contribution in [0.15, 0.2) is 66.7 Å². The molecule has 0 atom stereocenters. The van der Waals surface area contributed by atoms with Crippen molar-refractivity contribution in [2.75, 3.05) is 17.2 Å². The van der Waals surface area contributed by atoms with E-state index in [4.69, 9.17) is 4.74 Å². The van der Waals surface area contributed by atoms with Crippen molar-refractivity contribution in [3.8, 4) is 0 Å². The summed E-state index contributed by atoms with van der Waals surface area (Å²) in [5.74, 6) is -3.96. The molecule has 3 rings (SSSR count). The molecule has 0 fully saturated rings. The molecule has 0 bridgehead atoms. The molecule has 5 nitrogen and oxygen atoms in total. The minimum absolute atomic E-state index is 0.0226. The van der Waals surface area contributed by atoms with Gasteiger partial charge in [-0.3, -0.25) is 4.79 Å². The highest BCUT2D eigenvalue weighted by Gasteiger charge is 2.30. The number of anilines is 3. The van der Waals surface area contributed by atoms with Gasteiger partial charge in [-0.05, 0) is 42.5 Å². The molecule has 0 aliphatic heterocycles. The van der Waals surface area contributed by atoms with Gasteiger partial charge in [0.2, 0.25) is 0 Å². The monoisotopic (exact) mass is 450 g/mol. The number of amides is 1. The minimum atomic E-state index is -4.53. The van der Waals surface area contributed by atoms with Crippen LogP contribution in [-0.4, -0.2) is 18.5 Å². The highest BCUT2D eigenvalue weighted by molar-refractivity contribution is 5.99. The average molecular weight is 450 g/mol. The third-order valence-electron chi connectivity index (χ3n) is 4.15. The summed E-state index contributed by atoms with van der Waals surface area (Å²) in [4.78, 5) is 24.3. The lowest BCUT2D eigenvalue weighted by atomic mass is 10.1. The molecule has 0 saturated carbocycles. The van der Waals surface area contributed by atoms with Crippen LogP contribution in [-0.2, 0) is 15.7 Å². The summed E-state index contributed by atoms with van der Waals surface area (Å²) in [6, 6.07) is 13.0. The van der Waals surface area contributed by atoms with Crippen molar-refractivity contribution in [1.82, 2.24) is 0 Å². The molecule has 166 valence electrons. The van der Waals surface area contributed by atoms with Gasteiger partial charge in [0.1, 0.15) is 0 Å². The molecule has 1 amide bonds. The number of rotatable bonds is 6. The zero-order valence-electron chi connectivity index (χ0n) is 16.2. The lowest BCUT2D eigenvalue weighted by Gasteiger charge is -2.13. The van der Waals surface area contributed by atoms with Crippen molar-refractivity contribution in [3.63, 3.8) is 0 Å². The molecule has 0 unspecified atom stereocenters. The average Bonchev–Trinajstić information content (AvgIpc) is 2.75. The topological polar surface area (TPSA) is 67.4 Å². The molecule has 0 heterocycles. The Kier molecular flexibility index (Phi) is 6.72. The standard InChI is InChI=1S/C22H15F5N2O3/c23-17-9-8-15(11-18(17)24)29-20(30)12-32-21(31)16-6-1-2-7-19(16)28-14-5-3-4-13(10-14)22(25,26)27/h1-11,28H,12H2,(H,29,30). The minimum Gasteiger partial charge on any atom is -0.452 e. The van der Waals surface area contributed by atoms with E-state index in [-0.39, 0.29) is 22.6 Å². The highest BCUT2D eigenvalue weighted by atomic mass is 19.4. The SMILES string of the molecule is O=C(COC(=O)c1ccccc1Nc1cccc(C(F)(F)F)c1)Nc1ccc(F)c(F)c1. The van der Waals surface area contributed by atoms with Gasteiger partial charge in [0.05, 0.1) is 16.8 Å². The van der Waals surface area contributed by atoms with E-state index in [0.717, 1.165) is 30.3 Å². The number of ether oxygens (including phenoxy) is 1. The quantitative estimate of drug-likeness (QED) is 0.383. The molecule has 10 heteroatoms. The second kappa shape index (κ2) is 9.46. The number of carbonyl (C=O) groups is 2. The van der Waals surface area contributed by atoms with E-state index in [1.165, 1.54) is 30.3 Å². The van der Waals surface area contributed by atoms with Gasteiger partial charge in [-0.15, -0.1) is 0 Å². The Labute approximate surface area is 178 Å². The van der Waals surface area contributed by atoms with E-state index in [0.29, 0.717) is 0 Å². The van der Waals surface area contributed by atoms with Crippen LogP contribution < -0.4 is 10.6 Å². The van der Waals surface area contributed by atoms with Gasteiger partial charge in [0, 0.05) is 17.4 Å². The molecule has 3 aromatic carbocycles. The summed E-state index contributed by atoms with van der Waals surface area (Å²) in [6.07, 6.45) is -4.53. The lowest BCUT2D eigenvalue weighted by Crippen LogP contribution is -2.21. The number of alkyl halides is 3. The van der Waals surface area contributed by atoms with Gasteiger partial charge in [0.15, 0.2) is 18.2 Å². The molecule has 0 radical (unpaired) electrons. The third kappa shape index (κ3) is 5.81. The van der Waals surface area contributed by atoms with Crippen LogP contribution in [0.25, 0.3) is 0 Å². The van der Waals surface area contributed by atoms with Crippen molar-refractivity contribution >= 4 is 28.9 Å². The lowest BCUT2D eigenvalue weighted by molar-refractivity contribution is -0.137. The zero-order valence-corrected chi connectivity index (χ0v) is 16.2. The van der Waals surface area contributed by atoms with Crippen LogP contribution in [0.2, 0.25) is 0 Å². The van der Waals surface area contributed by atoms with Gasteiger partial charge in [-0.1, -0.05) is 18.2 Å². The van der Waals surface area contributed by atoms with Gasteiger partial charge in [-0.2, -0.15) is 13.2 Å². The van der Waals surface area contributed by atoms with Gasteiger partial charge in [-0.25, -0.2) is 13.6 Å². The second-order valence-corrected chi connectivity index (χ2v) is 6.50. The van der Waals surface area contributed by atoms with Crippen LogP contribution in [0.3, 0.4) is 0 Å². The first-order chi connectivity index (χ1) is 15.1. The molecule has 3 aromatic rings. The summed E-state index contributed by atoms with van der Waals surface area (Å²) in [5, 5.41) is 4.97. The molecule has 0 spiro atoms. The highest BCUT2D eigenvalue weighted by Crippen LogP contribution is 2.32. The van der Waals surface area contributed by atoms with Crippen LogP contribution in [0, 0.1) is 11.6 Å². The number of esters is 1. The summed E-state index contributed by atoms with van der Waals surface area (Å²) in [5.41, 5.74) is -0.660. The van der Waals surface area contributed by atoms with E-state index in [1.807, 2.05) is 0 Å². The summed E-state index contributed by atoms with van der Waals surface area (Å²) >= 11 is 0. The van der Waals surface area contributed by atoms with Crippen molar-refractivity contribution in [2.24, 2.45) is 0 Å². The molecule has 0 aliphatic rings. The Morgan fingerprint density at radius 3 is 2.31 bits per heavy atom. The second-order valence-electron chi connectivity index (χ2n) is 6.50. The van der Waals surface area contributed by atoms with Crippen LogP contribution >= 0.6 is 0 Å². The number of hydrogen-bond donors (Lipinski definition) is 2. The van der Waals surface area contributed by atoms with E-state index in [9.17, 15) is 31.5 Å². The Bertz CT molecular complexity index is 1150. The molecule has 2 N–H and O–H groups in total. The molecule has 0 aromatic heterocycles. The van der Waals surface area contributed by atoms with Gasteiger partial charge in [0.25, 0.3) is 5.91 Å². The van der Waals surface area contributed by atoms with Gasteiger partial charge >= 0.3 is 12.1 Å². The first-order valence-corrected chi connectivity index (χ1v) is 9.09. The van der Waals surface area contributed by atoms with Crippen molar-refractivity contribution in [3.05, 3.63) is 89.5 Å². The largest absolute Gasteiger partial charge is 0.452 e. The molecular formula is C22H15F5N2O3. The Morgan fingerprint density at radius 1 is 0.844 bits per heavy atom. The Morgan fingerprint density at radius 2 is 1.59 bits per heavy atom. The van der Waals surface area contributed by atoms with Crippen LogP contribution in [0.4, 0.5) is 39.0 Å². The maximum Gasteiger partial charge on any atom is 0.416 e. The van der Waals surface area contributed by atoms with Crippen LogP contribution in [0.1, 0.15) is 15.9 Å². The van der Waals surface area contributed by atoms with E-state index in [1.54, 1.807) is 6.07 Å². The number of carbonyl (C=O) groups excluding carboxylic acids is 2. The Balaban J connectivity index is 1.66. The fourth-order valence-electron chi connectivity index (χ4n) is 2.68. The summed E-state index contributed by atoms with van der Waals surface area (Å²) in [6.45, 7) is -0.726. The fraction of sp³-hybridized carbons (Fsp3) is 0.0909. The maximum atomic E-state index is 13.2. The van der Waals surface area contributed by atoms with E-state index in [2.05, 4.69) is 10.6 Å². The normalized spacial score (nSPS) is 11.0. The maximum absolute atomic E-state index is 13.2. The number of halogens is 5. The third-order valence-corrected chi connectivity index (χ3v) is 4.15. The summed E-state index contributed by atoms with van der Waals surface area (Å²) in [7, 11) is 0. The predicted molar refractivity (Wildman–Crippen MR) is 106 cm³/mol. The fourth-order valence-corrected chi connectivity index (χ4v) is 2.68. The molecular weight excluding hydrogens is 435 g/mol. The van der Waals surface area contributed by atoms with Crippen molar-refractivity contribution < 1.29 is 36.3 Å². The van der Waals surface area contributed by atoms with Crippen LogP contribution in [0.5, 0.6) is 0 Å². The molecule has 0 saturated heterocycles. The summed E-state index contributed by atoms with van der Waals surface area (Å²) < 4.78 is 69.8. The molecule has 0 aliphatic carbocycles. The number of nitrogens with one attached hydrogen (secondary N) is 2. The van der Waals surface area contributed by atoms with E-state index < -0.39 is 41.9 Å². The van der Waals surface area contributed by atoms with Crippen molar-refractivity contribution in [1.29, 1.82) is 0 Å². The zero-order chi connectivity index (χ0) is 23.3. The first-order valence-electron chi connectivity index (χ1n) is 9.09.